The second kappa shape index (κ2) is 6.39. The third kappa shape index (κ3) is 4.07. The Morgan fingerprint density at radius 3 is 3.05 bits per heavy atom. The second-order valence-corrected chi connectivity index (χ2v) is 7.77. The summed E-state index contributed by atoms with van der Waals surface area (Å²) in [5, 5.41) is 4.49. The van der Waals surface area contributed by atoms with Crippen molar-refractivity contribution < 1.29 is 13.2 Å². The van der Waals surface area contributed by atoms with Gasteiger partial charge in [-0.3, -0.25) is 4.79 Å². The number of amides is 1. The smallest absolute Gasteiger partial charge is 0.252 e. The Morgan fingerprint density at radius 2 is 2.35 bits per heavy atom. The molecule has 7 heteroatoms. The third-order valence-electron chi connectivity index (χ3n) is 2.97. The molecule has 0 bridgehead atoms. The van der Waals surface area contributed by atoms with Crippen LogP contribution in [-0.4, -0.2) is 38.4 Å². The monoisotopic (exact) mass is 312 g/mol. The van der Waals surface area contributed by atoms with Gasteiger partial charge in [0, 0.05) is 11.4 Å². The van der Waals surface area contributed by atoms with Crippen molar-refractivity contribution in [3.8, 4) is 11.8 Å². The highest BCUT2D eigenvalue weighted by molar-refractivity contribution is 7.91. The number of carbonyl (C=O) groups excluding carboxylic acids is 1. The second-order valence-electron chi connectivity index (χ2n) is 4.63. The zero-order valence-corrected chi connectivity index (χ0v) is 12.5. The lowest BCUT2D eigenvalue weighted by molar-refractivity contribution is 0.0939. The van der Waals surface area contributed by atoms with Crippen molar-refractivity contribution in [1.29, 1.82) is 0 Å². The van der Waals surface area contributed by atoms with Crippen molar-refractivity contribution >= 4 is 27.1 Å². The van der Waals surface area contributed by atoms with Crippen LogP contribution in [-0.2, 0) is 9.84 Å². The Morgan fingerprint density at radius 1 is 1.55 bits per heavy atom. The Balaban J connectivity index is 1.99. The van der Waals surface area contributed by atoms with Crippen LogP contribution in [0.25, 0.3) is 0 Å². The molecule has 1 aromatic rings. The summed E-state index contributed by atoms with van der Waals surface area (Å²) in [5.74, 6) is 5.59. The van der Waals surface area contributed by atoms with Crippen LogP contribution in [0.4, 0.5) is 0 Å². The Labute approximate surface area is 122 Å². The molecule has 1 aliphatic rings. The molecular formula is C13H16N2O3S2. The predicted octanol–water partition coefficient (Wildman–Crippen LogP) is 0.365. The van der Waals surface area contributed by atoms with Crippen molar-refractivity contribution in [3.63, 3.8) is 0 Å². The lowest BCUT2D eigenvalue weighted by Crippen LogP contribution is -2.43. The molecule has 0 saturated carbocycles. The highest BCUT2D eigenvalue weighted by Crippen LogP contribution is 2.16. The predicted molar refractivity (Wildman–Crippen MR) is 79.4 cm³/mol. The van der Waals surface area contributed by atoms with Crippen molar-refractivity contribution in [2.45, 2.75) is 18.9 Å². The van der Waals surface area contributed by atoms with E-state index in [0.717, 1.165) is 4.88 Å². The van der Waals surface area contributed by atoms with Gasteiger partial charge >= 0.3 is 0 Å². The van der Waals surface area contributed by atoms with Crippen LogP contribution in [0.5, 0.6) is 0 Å². The first-order valence-corrected chi connectivity index (χ1v) is 8.99. The van der Waals surface area contributed by atoms with Gasteiger partial charge in [-0.25, -0.2) is 8.42 Å². The van der Waals surface area contributed by atoms with Crippen LogP contribution in [0.3, 0.4) is 0 Å². The maximum absolute atomic E-state index is 12.0. The molecule has 20 heavy (non-hydrogen) atoms. The van der Waals surface area contributed by atoms with E-state index >= 15 is 0 Å². The molecule has 3 N–H and O–H groups in total. The summed E-state index contributed by atoms with van der Waals surface area (Å²) >= 11 is 1.37. The van der Waals surface area contributed by atoms with E-state index in [1.165, 1.54) is 11.3 Å². The molecule has 1 unspecified atom stereocenters. The summed E-state index contributed by atoms with van der Waals surface area (Å²) in [4.78, 5) is 12.8. The molecule has 2 heterocycles. The lowest BCUT2D eigenvalue weighted by atomic mass is 10.1. The first-order valence-electron chi connectivity index (χ1n) is 6.29. The number of nitrogens with two attached hydrogens (primary N) is 1. The van der Waals surface area contributed by atoms with Gasteiger partial charge < -0.3 is 11.1 Å². The number of hydrogen-bond acceptors (Lipinski definition) is 5. The van der Waals surface area contributed by atoms with Gasteiger partial charge in [0.25, 0.3) is 5.91 Å². The highest BCUT2D eigenvalue weighted by Gasteiger charge is 2.26. The summed E-state index contributed by atoms with van der Waals surface area (Å²) in [6, 6.07) is 1.40. The van der Waals surface area contributed by atoms with E-state index in [1.807, 2.05) is 0 Å². The van der Waals surface area contributed by atoms with Gasteiger partial charge in [0.15, 0.2) is 9.84 Å². The van der Waals surface area contributed by atoms with E-state index in [-0.39, 0.29) is 30.0 Å². The molecule has 0 radical (unpaired) electrons. The standard InChI is InChI=1S/C13H16N2O3S2/c14-5-1-4-12-7-10(8-19-12)13(16)15-11-3-2-6-20(17,18)9-11/h7-8,11H,2-3,5-6,9,14H2,(H,15,16). The number of rotatable bonds is 2. The summed E-state index contributed by atoms with van der Waals surface area (Å²) in [6.45, 7) is 0.277. The molecule has 2 rings (SSSR count). The largest absolute Gasteiger partial charge is 0.348 e. The van der Waals surface area contributed by atoms with Crippen LogP contribution in [0.15, 0.2) is 11.4 Å². The van der Waals surface area contributed by atoms with Gasteiger partial charge in [0.1, 0.15) is 0 Å². The van der Waals surface area contributed by atoms with Gasteiger partial charge in [-0.15, -0.1) is 11.3 Å². The van der Waals surface area contributed by atoms with Crippen molar-refractivity contribution in [2.24, 2.45) is 5.73 Å². The van der Waals surface area contributed by atoms with E-state index in [4.69, 9.17) is 5.73 Å². The molecule has 1 aliphatic heterocycles. The maximum atomic E-state index is 12.0. The van der Waals surface area contributed by atoms with Gasteiger partial charge in [-0.2, -0.15) is 0 Å². The van der Waals surface area contributed by atoms with Gasteiger partial charge in [-0.1, -0.05) is 11.8 Å². The molecule has 1 amide bonds. The van der Waals surface area contributed by atoms with Crippen molar-refractivity contribution in [2.75, 3.05) is 18.1 Å². The number of nitrogens with one attached hydrogen (secondary N) is 1. The normalized spacial score (nSPS) is 20.8. The molecule has 1 saturated heterocycles. The van der Waals surface area contributed by atoms with E-state index in [9.17, 15) is 13.2 Å². The minimum atomic E-state index is -3.01. The molecule has 1 fully saturated rings. The maximum Gasteiger partial charge on any atom is 0.252 e. The molecular weight excluding hydrogens is 296 g/mol. The molecule has 0 spiro atoms. The zero-order valence-electron chi connectivity index (χ0n) is 10.9. The minimum absolute atomic E-state index is 0.0305. The van der Waals surface area contributed by atoms with Crippen LogP contribution in [0, 0.1) is 11.8 Å². The van der Waals surface area contributed by atoms with Crippen LogP contribution in [0.1, 0.15) is 28.1 Å². The first kappa shape index (κ1) is 15.0. The van der Waals surface area contributed by atoms with Crippen LogP contribution in [0.2, 0.25) is 0 Å². The number of carbonyl (C=O) groups is 1. The summed E-state index contributed by atoms with van der Waals surface area (Å²) in [5.41, 5.74) is 5.80. The average molecular weight is 312 g/mol. The van der Waals surface area contributed by atoms with Gasteiger partial charge in [0.05, 0.1) is 28.5 Å². The minimum Gasteiger partial charge on any atom is -0.348 e. The Bertz CT molecular complexity index is 653. The SMILES string of the molecule is NCC#Cc1cc(C(=O)NC2CCCS(=O)(=O)C2)cs1. The fourth-order valence-corrected chi connectivity index (χ4v) is 4.46. The molecule has 1 aromatic heterocycles. The zero-order chi connectivity index (χ0) is 14.6. The van der Waals surface area contributed by atoms with Crippen LogP contribution >= 0.6 is 11.3 Å². The van der Waals surface area contributed by atoms with Crippen LogP contribution < -0.4 is 11.1 Å². The molecule has 108 valence electrons. The van der Waals surface area contributed by atoms with E-state index in [1.54, 1.807) is 11.4 Å². The number of hydrogen-bond donors (Lipinski definition) is 2. The fraction of sp³-hybridized carbons (Fsp3) is 0.462. The quantitative estimate of drug-likeness (QED) is 0.772. The molecule has 0 aliphatic carbocycles. The number of sulfone groups is 1. The van der Waals surface area contributed by atoms with E-state index < -0.39 is 9.84 Å². The first-order chi connectivity index (χ1) is 9.50. The molecule has 0 aromatic carbocycles. The summed E-state index contributed by atoms with van der Waals surface area (Å²) < 4.78 is 23.0. The van der Waals surface area contributed by atoms with Gasteiger partial charge in [-0.05, 0) is 18.9 Å². The third-order valence-corrected chi connectivity index (χ3v) is 5.64. The van der Waals surface area contributed by atoms with E-state index in [2.05, 4.69) is 17.2 Å². The summed E-state index contributed by atoms with van der Waals surface area (Å²) in [6.07, 6.45) is 1.30. The number of thiophene rings is 1. The van der Waals surface area contributed by atoms with Crippen molar-refractivity contribution in [3.05, 3.63) is 21.9 Å². The van der Waals surface area contributed by atoms with Crippen molar-refractivity contribution in [1.82, 2.24) is 5.32 Å². The van der Waals surface area contributed by atoms with E-state index in [0.29, 0.717) is 18.4 Å². The molecule has 1 atom stereocenters. The lowest BCUT2D eigenvalue weighted by Gasteiger charge is -2.22. The fourth-order valence-electron chi connectivity index (χ4n) is 2.06. The Kier molecular flexibility index (Phi) is 4.81. The summed E-state index contributed by atoms with van der Waals surface area (Å²) in [7, 11) is -3.01. The molecule has 5 nitrogen and oxygen atoms in total. The van der Waals surface area contributed by atoms with Gasteiger partial charge in [0.2, 0.25) is 0 Å². The highest BCUT2D eigenvalue weighted by atomic mass is 32.2. The average Bonchev–Trinajstić information content (AvgIpc) is 2.84. The topological polar surface area (TPSA) is 89.3 Å². The Hall–Kier alpha value is -1.36.